The SMILES string of the molecule is COC(=O)C1=C2Nc3ccccc3[C@]23CCN2CCC[C@]([C@@H](C)OC(=O)CC(C)C)(C1)[C@@H]23. The van der Waals surface area contributed by atoms with Gasteiger partial charge in [-0.25, -0.2) is 4.79 Å². The number of piperidine rings is 1. The molecule has 2 fully saturated rings. The third-order valence-corrected chi connectivity index (χ3v) is 8.30. The standard InChI is InChI=1S/C26H34N2O4/c1-16(2)14-21(29)32-17(3)25-10-7-12-28-13-11-26(24(25)28)19-8-5-6-9-20(19)27-22(26)18(15-25)23(30)31-4/h5-6,8-9,16-17,24,27H,7,10-15H2,1-4H3/t17-,24-,25-,26-/m1/s1. The first-order chi connectivity index (χ1) is 15.3. The summed E-state index contributed by atoms with van der Waals surface area (Å²) in [5, 5.41) is 3.62. The van der Waals surface area contributed by atoms with E-state index >= 15 is 0 Å². The quantitative estimate of drug-likeness (QED) is 0.701. The van der Waals surface area contributed by atoms with Crippen molar-refractivity contribution in [2.75, 3.05) is 25.5 Å². The van der Waals surface area contributed by atoms with Gasteiger partial charge in [0, 0.05) is 29.3 Å². The van der Waals surface area contributed by atoms with E-state index in [2.05, 4.69) is 28.4 Å². The number of para-hydroxylation sites is 1. The number of hydrogen-bond donors (Lipinski definition) is 1. The molecule has 0 unspecified atom stereocenters. The number of carbonyl (C=O) groups is 2. The summed E-state index contributed by atoms with van der Waals surface area (Å²) in [6, 6.07) is 8.61. The van der Waals surface area contributed by atoms with Gasteiger partial charge in [-0.15, -0.1) is 0 Å². The molecule has 0 aromatic heterocycles. The first kappa shape index (κ1) is 21.5. The van der Waals surface area contributed by atoms with Crippen LogP contribution in [0.15, 0.2) is 35.5 Å². The molecule has 1 aliphatic carbocycles. The third kappa shape index (κ3) is 2.88. The van der Waals surface area contributed by atoms with Crippen molar-refractivity contribution < 1.29 is 19.1 Å². The Morgan fingerprint density at radius 2 is 1.97 bits per heavy atom. The minimum atomic E-state index is -0.326. The summed E-state index contributed by atoms with van der Waals surface area (Å²) >= 11 is 0. The van der Waals surface area contributed by atoms with Crippen molar-refractivity contribution in [3.05, 3.63) is 41.1 Å². The van der Waals surface area contributed by atoms with Crippen molar-refractivity contribution in [3.63, 3.8) is 0 Å². The molecule has 4 atom stereocenters. The summed E-state index contributed by atoms with van der Waals surface area (Å²) in [5.74, 6) is -0.171. The van der Waals surface area contributed by atoms with E-state index in [-0.39, 0.29) is 40.8 Å². The van der Waals surface area contributed by atoms with Gasteiger partial charge in [-0.3, -0.25) is 9.69 Å². The van der Waals surface area contributed by atoms with Gasteiger partial charge in [-0.05, 0) is 63.2 Å². The molecule has 1 aromatic carbocycles. The molecule has 0 bridgehead atoms. The molecule has 3 aliphatic heterocycles. The molecule has 3 heterocycles. The first-order valence-electron chi connectivity index (χ1n) is 12.0. The highest BCUT2D eigenvalue weighted by Gasteiger charge is 2.68. The molecule has 2 saturated heterocycles. The average Bonchev–Trinajstić information content (AvgIpc) is 3.32. The van der Waals surface area contributed by atoms with E-state index in [1.165, 1.54) is 12.7 Å². The largest absolute Gasteiger partial charge is 0.466 e. The van der Waals surface area contributed by atoms with Crippen LogP contribution in [0.2, 0.25) is 0 Å². The lowest BCUT2D eigenvalue weighted by Gasteiger charge is -2.57. The second-order valence-corrected chi connectivity index (χ2v) is 10.4. The molecular formula is C26H34N2O4. The van der Waals surface area contributed by atoms with E-state index in [1.807, 2.05) is 26.8 Å². The molecule has 32 heavy (non-hydrogen) atoms. The highest BCUT2D eigenvalue weighted by atomic mass is 16.5. The number of anilines is 1. The maximum absolute atomic E-state index is 13.1. The molecule has 6 heteroatoms. The zero-order chi connectivity index (χ0) is 22.7. The molecule has 0 radical (unpaired) electrons. The average molecular weight is 439 g/mol. The van der Waals surface area contributed by atoms with E-state index in [0.29, 0.717) is 12.8 Å². The van der Waals surface area contributed by atoms with Crippen molar-refractivity contribution in [1.29, 1.82) is 0 Å². The zero-order valence-electron chi connectivity index (χ0n) is 19.6. The molecule has 0 saturated carbocycles. The summed E-state index contributed by atoms with van der Waals surface area (Å²) in [6.45, 7) is 8.13. The Labute approximate surface area is 190 Å². The van der Waals surface area contributed by atoms with Crippen LogP contribution in [0.1, 0.15) is 58.4 Å². The van der Waals surface area contributed by atoms with Gasteiger partial charge in [0.15, 0.2) is 0 Å². The van der Waals surface area contributed by atoms with Crippen LogP contribution in [0.5, 0.6) is 0 Å². The first-order valence-corrected chi connectivity index (χ1v) is 12.0. The van der Waals surface area contributed by atoms with Crippen molar-refractivity contribution in [2.45, 2.75) is 70.4 Å². The van der Waals surface area contributed by atoms with Crippen molar-refractivity contribution in [2.24, 2.45) is 11.3 Å². The van der Waals surface area contributed by atoms with Gasteiger partial charge in [-0.2, -0.15) is 0 Å². The normalized spacial score (nSPS) is 31.5. The summed E-state index contributed by atoms with van der Waals surface area (Å²) in [5.41, 5.74) is 3.45. The van der Waals surface area contributed by atoms with E-state index in [9.17, 15) is 9.59 Å². The lowest BCUT2D eigenvalue weighted by Crippen LogP contribution is -2.64. The van der Waals surface area contributed by atoms with E-state index in [0.717, 1.165) is 49.3 Å². The Hall–Kier alpha value is -2.34. The second-order valence-electron chi connectivity index (χ2n) is 10.4. The number of benzene rings is 1. The summed E-state index contributed by atoms with van der Waals surface area (Å²) < 4.78 is 11.4. The third-order valence-electron chi connectivity index (χ3n) is 8.30. The van der Waals surface area contributed by atoms with Gasteiger partial charge in [0.25, 0.3) is 0 Å². The van der Waals surface area contributed by atoms with Crippen molar-refractivity contribution >= 4 is 17.6 Å². The van der Waals surface area contributed by atoms with Crippen LogP contribution in [0.4, 0.5) is 5.69 Å². The fourth-order valence-corrected chi connectivity index (χ4v) is 7.16. The molecule has 1 spiro atoms. The van der Waals surface area contributed by atoms with Crippen LogP contribution in [-0.2, 0) is 24.5 Å². The Morgan fingerprint density at radius 1 is 1.19 bits per heavy atom. The Balaban J connectivity index is 1.67. The minimum Gasteiger partial charge on any atom is -0.466 e. The number of carbonyl (C=O) groups excluding carboxylic acids is 2. The predicted molar refractivity (Wildman–Crippen MR) is 122 cm³/mol. The van der Waals surface area contributed by atoms with Crippen LogP contribution in [0.25, 0.3) is 0 Å². The summed E-state index contributed by atoms with van der Waals surface area (Å²) in [7, 11) is 1.46. The lowest BCUT2D eigenvalue weighted by atomic mass is 9.53. The highest BCUT2D eigenvalue weighted by Crippen LogP contribution is 2.65. The number of nitrogens with one attached hydrogen (secondary N) is 1. The zero-order valence-corrected chi connectivity index (χ0v) is 19.6. The van der Waals surface area contributed by atoms with Crippen LogP contribution >= 0.6 is 0 Å². The number of nitrogens with zero attached hydrogens (tertiary/aromatic N) is 1. The van der Waals surface area contributed by atoms with Crippen LogP contribution in [-0.4, -0.2) is 49.2 Å². The number of hydrogen-bond acceptors (Lipinski definition) is 6. The topological polar surface area (TPSA) is 67.9 Å². The van der Waals surface area contributed by atoms with E-state index < -0.39 is 0 Å². The molecule has 1 N–H and O–H groups in total. The van der Waals surface area contributed by atoms with Gasteiger partial charge in [0.2, 0.25) is 0 Å². The van der Waals surface area contributed by atoms with Crippen molar-refractivity contribution in [1.82, 2.24) is 4.90 Å². The van der Waals surface area contributed by atoms with Gasteiger partial charge < -0.3 is 14.8 Å². The fraction of sp³-hybridized carbons (Fsp3) is 0.615. The number of rotatable bonds is 5. The Kier molecular flexibility index (Phi) is 5.12. The highest BCUT2D eigenvalue weighted by molar-refractivity contribution is 5.93. The molecule has 1 aromatic rings. The van der Waals surface area contributed by atoms with Crippen LogP contribution in [0, 0.1) is 11.3 Å². The van der Waals surface area contributed by atoms with Crippen molar-refractivity contribution in [3.8, 4) is 0 Å². The number of fused-ring (bicyclic) bond motifs is 1. The Morgan fingerprint density at radius 3 is 2.72 bits per heavy atom. The molecule has 5 rings (SSSR count). The number of methoxy groups -OCH3 is 1. The van der Waals surface area contributed by atoms with Crippen LogP contribution < -0.4 is 5.32 Å². The second kappa shape index (κ2) is 7.62. The van der Waals surface area contributed by atoms with Gasteiger partial charge in [-0.1, -0.05) is 32.0 Å². The molecule has 172 valence electrons. The molecule has 0 amide bonds. The number of esters is 2. The number of ether oxygens (including phenoxy) is 2. The lowest BCUT2D eigenvalue weighted by molar-refractivity contribution is -0.165. The fourth-order valence-electron chi connectivity index (χ4n) is 7.16. The smallest absolute Gasteiger partial charge is 0.335 e. The summed E-state index contributed by atoms with van der Waals surface area (Å²) in [4.78, 5) is 28.4. The monoisotopic (exact) mass is 438 g/mol. The van der Waals surface area contributed by atoms with E-state index in [1.54, 1.807) is 0 Å². The molecular weight excluding hydrogens is 404 g/mol. The van der Waals surface area contributed by atoms with Gasteiger partial charge in [0.1, 0.15) is 6.10 Å². The van der Waals surface area contributed by atoms with Gasteiger partial charge >= 0.3 is 11.9 Å². The molecule has 4 aliphatic rings. The Bertz CT molecular complexity index is 986. The molecule has 6 nitrogen and oxygen atoms in total. The maximum atomic E-state index is 13.1. The summed E-state index contributed by atoms with van der Waals surface area (Å²) in [6.07, 6.45) is 3.61. The van der Waals surface area contributed by atoms with Crippen LogP contribution in [0.3, 0.4) is 0 Å². The minimum absolute atomic E-state index is 0.148. The maximum Gasteiger partial charge on any atom is 0.335 e. The van der Waals surface area contributed by atoms with E-state index in [4.69, 9.17) is 9.47 Å². The van der Waals surface area contributed by atoms with Gasteiger partial charge in [0.05, 0.1) is 18.1 Å². The predicted octanol–water partition coefficient (Wildman–Crippen LogP) is 4.01.